The molecule has 0 atom stereocenters. The van der Waals surface area contributed by atoms with Crippen LogP contribution in [0.15, 0.2) is 55.0 Å². The van der Waals surface area contributed by atoms with Crippen LogP contribution in [-0.2, 0) is 20.6 Å². The SMILES string of the molecule is BrCCOCCBr.CC(C)(N)c1ccc(Cl)nc1.CC(C)(c1ccc(Cl)nc1)N1CCOCC1.N#Cc1ccc(Cl)nc1. The van der Waals surface area contributed by atoms with Crippen molar-refractivity contribution in [2.24, 2.45) is 5.73 Å². The van der Waals surface area contributed by atoms with Crippen molar-refractivity contribution < 1.29 is 9.47 Å². The summed E-state index contributed by atoms with van der Waals surface area (Å²) >= 11 is 23.3. The number of morpholine rings is 1. The Morgan fingerprint density at radius 2 is 1.30 bits per heavy atom. The summed E-state index contributed by atoms with van der Waals surface area (Å²) in [7, 11) is 0. The van der Waals surface area contributed by atoms with Gasteiger partial charge in [-0.2, -0.15) is 5.26 Å². The van der Waals surface area contributed by atoms with E-state index < -0.39 is 0 Å². The number of hydrogen-bond donors (Lipinski definition) is 1. The van der Waals surface area contributed by atoms with Crippen molar-refractivity contribution in [2.75, 3.05) is 50.2 Å². The third kappa shape index (κ3) is 16.5. The number of pyridine rings is 3. The highest BCUT2D eigenvalue weighted by atomic mass is 79.9. The van der Waals surface area contributed by atoms with Crippen LogP contribution in [0.25, 0.3) is 0 Å². The Morgan fingerprint density at radius 1 is 0.837 bits per heavy atom. The van der Waals surface area contributed by atoms with Crippen molar-refractivity contribution in [1.29, 1.82) is 5.26 Å². The third-order valence-corrected chi connectivity index (χ3v) is 7.32. The number of alkyl halides is 2. The van der Waals surface area contributed by atoms with E-state index in [9.17, 15) is 0 Å². The highest BCUT2D eigenvalue weighted by Crippen LogP contribution is 2.28. The number of nitrogens with zero attached hydrogens (tertiary/aromatic N) is 5. The molecule has 0 saturated carbocycles. The van der Waals surface area contributed by atoms with Crippen LogP contribution < -0.4 is 5.73 Å². The normalized spacial score (nSPS) is 13.2. The van der Waals surface area contributed by atoms with E-state index in [0.717, 1.165) is 55.7 Å². The van der Waals surface area contributed by atoms with E-state index >= 15 is 0 Å². The second kappa shape index (κ2) is 21.4. The lowest BCUT2D eigenvalue weighted by Crippen LogP contribution is -2.47. The molecule has 0 aliphatic carbocycles. The molecule has 0 unspecified atom stereocenters. The van der Waals surface area contributed by atoms with Crippen LogP contribution in [0.5, 0.6) is 0 Å². The maximum atomic E-state index is 8.30. The zero-order valence-electron chi connectivity index (χ0n) is 24.9. The van der Waals surface area contributed by atoms with Gasteiger partial charge in [-0.05, 0) is 63.1 Å². The van der Waals surface area contributed by atoms with E-state index in [-0.39, 0.29) is 11.1 Å². The molecule has 8 nitrogen and oxygen atoms in total. The molecule has 0 spiro atoms. The van der Waals surface area contributed by atoms with Gasteiger partial charge in [-0.25, -0.2) is 15.0 Å². The molecule has 4 heterocycles. The number of hydrogen-bond acceptors (Lipinski definition) is 8. The average Bonchev–Trinajstić information content (AvgIpc) is 2.99. The lowest BCUT2D eigenvalue weighted by atomic mass is 9.93. The fraction of sp³-hybridized carbons (Fsp3) is 0.467. The maximum absolute atomic E-state index is 8.30. The van der Waals surface area contributed by atoms with Gasteiger partial charge in [0, 0.05) is 53.4 Å². The van der Waals surface area contributed by atoms with Crippen molar-refractivity contribution in [3.8, 4) is 6.07 Å². The zero-order valence-corrected chi connectivity index (χ0v) is 30.3. The number of nitrogens with two attached hydrogens (primary N) is 1. The van der Waals surface area contributed by atoms with Crippen LogP contribution in [0.4, 0.5) is 0 Å². The summed E-state index contributed by atoms with van der Waals surface area (Å²) in [5, 5.41) is 11.6. The molecule has 236 valence electrons. The minimum atomic E-state index is -0.336. The quantitative estimate of drug-likeness (QED) is 0.148. The summed E-state index contributed by atoms with van der Waals surface area (Å²) in [6, 6.07) is 12.7. The second-order valence-electron chi connectivity index (χ2n) is 10.1. The summed E-state index contributed by atoms with van der Waals surface area (Å²) < 4.78 is 10.4. The Hall–Kier alpha value is -1.39. The number of halogens is 5. The second-order valence-corrected chi connectivity index (χ2v) is 12.8. The van der Waals surface area contributed by atoms with Crippen LogP contribution in [0.2, 0.25) is 15.5 Å². The van der Waals surface area contributed by atoms with Gasteiger partial charge in [0.05, 0.1) is 32.0 Å². The summed E-state index contributed by atoms with van der Waals surface area (Å²) in [5.74, 6) is 0. The lowest BCUT2D eigenvalue weighted by molar-refractivity contribution is -0.0119. The molecule has 4 rings (SSSR count). The van der Waals surface area contributed by atoms with E-state index in [2.05, 4.69) is 65.6 Å². The summed E-state index contributed by atoms with van der Waals surface area (Å²) in [5.41, 5.74) is 8.18. The van der Waals surface area contributed by atoms with Gasteiger partial charge in [-0.1, -0.05) is 78.8 Å². The number of ether oxygens (including phenoxy) is 2. The molecule has 0 aromatic carbocycles. The fourth-order valence-electron chi connectivity index (χ4n) is 3.45. The Balaban J connectivity index is 0.000000302. The van der Waals surface area contributed by atoms with Gasteiger partial charge in [0.1, 0.15) is 21.5 Å². The lowest BCUT2D eigenvalue weighted by Gasteiger charge is -2.41. The molecule has 0 radical (unpaired) electrons. The predicted molar refractivity (Wildman–Crippen MR) is 183 cm³/mol. The Morgan fingerprint density at radius 3 is 1.67 bits per heavy atom. The predicted octanol–water partition coefficient (Wildman–Crippen LogP) is 7.63. The van der Waals surface area contributed by atoms with E-state index in [1.165, 1.54) is 11.8 Å². The van der Waals surface area contributed by atoms with Crippen LogP contribution in [0, 0.1) is 11.3 Å². The molecule has 3 aromatic rings. The minimum Gasteiger partial charge on any atom is -0.380 e. The zero-order chi connectivity index (χ0) is 32.3. The molecule has 1 fully saturated rings. The molecular formula is C30H39Br2Cl3N6O2. The first-order valence-corrected chi connectivity index (χ1v) is 16.8. The smallest absolute Gasteiger partial charge is 0.129 e. The molecule has 1 aliphatic rings. The number of nitriles is 1. The van der Waals surface area contributed by atoms with E-state index in [0.29, 0.717) is 21.0 Å². The van der Waals surface area contributed by atoms with Gasteiger partial charge < -0.3 is 15.2 Å². The topological polar surface area (TPSA) is 110 Å². The summed E-state index contributed by atoms with van der Waals surface area (Å²) in [6.45, 7) is 13.5. The van der Waals surface area contributed by atoms with Crippen molar-refractivity contribution in [3.63, 3.8) is 0 Å². The molecule has 1 saturated heterocycles. The van der Waals surface area contributed by atoms with Gasteiger partial charge in [0.2, 0.25) is 0 Å². The first-order chi connectivity index (χ1) is 20.3. The van der Waals surface area contributed by atoms with E-state index in [4.69, 9.17) is 55.3 Å². The highest BCUT2D eigenvalue weighted by molar-refractivity contribution is 9.09. The highest BCUT2D eigenvalue weighted by Gasteiger charge is 2.30. The van der Waals surface area contributed by atoms with Gasteiger partial charge in [0.15, 0.2) is 0 Å². The van der Waals surface area contributed by atoms with Crippen molar-refractivity contribution in [2.45, 2.75) is 38.8 Å². The van der Waals surface area contributed by atoms with Crippen LogP contribution in [0.1, 0.15) is 44.4 Å². The van der Waals surface area contributed by atoms with Gasteiger partial charge in [-0.15, -0.1) is 0 Å². The Labute approximate surface area is 287 Å². The van der Waals surface area contributed by atoms with E-state index in [1.54, 1.807) is 24.4 Å². The molecule has 1 aliphatic heterocycles. The largest absolute Gasteiger partial charge is 0.380 e. The summed E-state index contributed by atoms with van der Waals surface area (Å²) in [6.07, 6.45) is 4.99. The average molecular weight is 782 g/mol. The van der Waals surface area contributed by atoms with Crippen LogP contribution in [-0.4, -0.2) is 70.0 Å². The Kier molecular flexibility index (Phi) is 19.7. The first-order valence-electron chi connectivity index (χ1n) is 13.4. The molecular weight excluding hydrogens is 743 g/mol. The molecule has 0 amide bonds. The van der Waals surface area contributed by atoms with Gasteiger partial charge >= 0.3 is 0 Å². The van der Waals surface area contributed by atoms with Gasteiger partial charge in [0.25, 0.3) is 0 Å². The fourth-order valence-corrected chi connectivity index (χ4v) is 4.25. The molecule has 0 bridgehead atoms. The van der Waals surface area contributed by atoms with Crippen molar-refractivity contribution >= 4 is 66.7 Å². The van der Waals surface area contributed by atoms with Crippen molar-refractivity contribution in [1.82, 2.24) is 19.9 Å². The molecule has 43 heavy (non-hydrogen) atoms. The van der Waals surface area contributed by atoms with E-state index in [1.807, 2.05) is 44.3 Å². The van der Waals surface area contributed by atoms with Crippen molar-refractivity contribution in [3.05, 3.63) is 87.1 Å². The molecule has 2 N–H and O–H groups in total. The molecule has 13 heteroatoms. The van der Waals surface area contributed by atoms with Crippen LogP contribution >= 0.6 is 66.7 Å². The van der Waals surface area contributed by atoms with Gasteiger partial charge in [-0.3, -0.25) is 4.90 Å². The molecule has 3 aromatic heterocycles. The first kappa shape index (κ1) is 39.6. The van der Waals surface area contributed by atoms with Crippen LogP contribution in [0.3, 0.4) is 0 Å². The Bertz CT molecular complexity index is 1200. The summed E-state index contributed by atoms with van der Waals surface area (Å²) in [4.78, 5) is 14.2. The maximum Gasteiger partial charge on any atom is 0.129 e. The third-order valence-electron chi connectivity index (χ3n) is 6.01. The minimum absolute atomic E-state index is 0.0125. The monoisotopic (exact) mass is 778 g/mol. The number of rotatable bonds is 7. The number of aromatic nitrogens is 3. The standard InChI is InChI=1S/C12H17ClN2O.C8H11ClN2.C6H3ClN2.C4H8Br2O/c1-12(2,15-5-7-16-8-6-15)10-3-4-11(13)14-9-10;1-8(2,10)6-3-4-7(9)11-5-6;7-6-2-1-5(3-8)4-9-6;5-1-3-7-4-2-6/h3-4,9H,5-8H2,1-2H3;3-5H,10H2,1-2H3;1-2,4H;1-4H2.